The number of nitrogens with one attached hydrogen (secondary N) is 2. The fraction of sp³-hybridized carbons (Fsp3) is 0.846. The summed E-state index contributed by atoms with van der Waals surface area (Å²) in [5.41, 5.74) is 0. The standard InChI is InChI=1S/C13H24N2O3/c1-2-14-9-12(16)15-11(13(17)18)8-10-6-4-3-5-7-10/h10-11,14H,2-9H2,1H3,(H,15,16)(H,17,18). The summed E-state index contributed by atoms with van der Waals surface area (Å²) in [5.74, 6) is -0.718. The lowest BCUT2D eigenvalue weighted by molar-refractivity contribution is -0.142. The average molecular weight is 256 g/mol. The Morgan fingerprint density at radius 3 is 2.50 bits per heavy atom. The van der Waals surface area contributed by atoms with Gasteiger partial charge in [-0.05, 0) is 18.9 Å². The Morgan fingerprint density at radius 1 is 1.28 bits per heavy atom. The zero-order valence-corrected chi connectivity index (χ0v) is 11.1. The van der Waals surface area contributed by atoms with Gasteiger partial charge in [0.15, 0.2) is 0 Å². The molecule has 1 atom stereocenters. The van der Waals surface area contributed by atoms with Crippen molar-refractivity contribution < 1.29 is 14.7 Å². The van der Waals surface area contributed by atoms with Crippen LogP contribution in [0.15, 0.2) is 0 Å². The topological polar surface area (TPSA) is 78.4 Å². The summed E-state index contributed by atoms with van der Waals surface area (Å²) in [6.45, 7) is 2.79. The van der Waals surface area contributed by atoms with E-state index in [0.29, 0.717) is 18.9 Å². The second-order valence-corrected chi connectivity index (χ2v) is 4.98. The van der Waals surface area contributed by atoms with Gasteiger partial charge in [-0.3, -0.25) is 4.79 Å². The Bertz CT molecular complexity index is 275. The Kier molecular flexibility index (Phi) is 6.72. The monoisotopic (exact) mass is 256 g/mol. The first kappa shape index (κ1) is 15.0. The Hall–Kier alpha value is -1.10. The molecule has 1 aliphatic carbocycles. The second kappa shape index (κ2) is 8.08. The van der Waals surface area contributed by atoms with Gasteiger partial charge in [0, 0.05) is 0 Å². The molecule has 0 spiro atoms. The summed E-state index contributed by atoms with van der Waals surface area (Å²) in [4.78, 5) is 22.7. The molecule has 5 heteroatoms. The lowest BCUT2D eigenvalue weighted by Gasteiger charge is -2.25. The normalized spacial score (nSPS) is 18.3. The van der Waals surface area contributed by atoms with Gasteiger partial charge in [0.2, 0.25) is 5.91 Å². The molecule has 1 amide bonds. The third-order valence-electron chi connectivity index (χ3n) is 3.46. The van der Waals surface area contributed by atoms with E-state index < -0.39 is 12.0 Å². The Morgan fingerprint density at radius 2 is 1.94 bits per heavy atom. The summed E-state index contributed by atoms with van der Waals surface area (Å²) in [5, 5.41) is 14.6. The van der Waals surface area contributed by atoms with Crippen molar-refractivity contribution in [1.82, 2.24) is 10.6 Å². The highest BCUT2D eigenvalue weighted by Gasteiger charge is 2.25. The second-order valence-electron chi connectivity index (χ2n) is 4.98. The number of carbonyl (C=O) groups excluding carboxylic acids is 1. The van der Waals surface area contributed by atoms with E-state index >= 15 is 0 Å². The summed E-state index contributed by atoms with van der Waals surface area (Å²) in [6.07, 6.45) is 6.36. The Labute approximate surface area is 108 Å². The van der Waals surface area contributed by atoms with Gasteiger partial charge in [0.25, 0.3) is 0 Å². The fourth-order valence-electron chi connectivity index (χ4n) is 2.46. The minimum Gasteiger partial charge on any atom is -0.480 e. The highest BCUT2D eigenvalue weighted by molar-refractivity contribution is 5.84. The van der Waals surface area contributed by atoms with Crippen molar-refractivity contribution in [2.45, 2.75) is 51.5 Å². The third kappa shape index (κ3) is 5.49. The molecule has 3 N–H and O–H groups in total. The maximum atomic E-state index is 11.5. The molecule has 5 nitrogen and oxygen atoms in total. The highest BCUT2D eigenvalue weighted by Crippen LogP contribution is 2.27. The molecular weight excluding hydrogens is 232 g/mol. The molecule has 18 heavy (non-hydrogen) atoms. The van der Waals surface area contributed by atoms with Crippen LogP contribution in [0.25, 0.3) is 0 Å². The van der Waals surface area contributed by atoms with E-state index in [1.807, 2.05) is 6.92 Å². The van der Waals surface area contributed by atoms with Crippen molar-refractivity contribution in [2.24, 2.45) is 5.92 Å². The molecule has 1 aliphatic rings. The zero-order valence-electron chi connectivity index (χ0n) is 11.1. The fourth-order valence-corrected chi connectivity index (χ4v) is 2.46. The van der Waals surface area contributed by atoms with Crippen LogP contribution in [0.1, 0.15) is 45.4 Å². The van der Waals surface area contributed by atoms with E-state index in [1.54, 1.807) is 0 Å². The van der Waals surface area contributed by atoms with E-state index in [9.17, 15) is 9.59 Å². The minimum atomic E-state index is -0.926. The average Bonchev–Trinajstić information content (AvgIpc) is 2.36. The zero-order chi connectivity index (χ0) is 13.4. The maximum Gasteiger partial charge on any atom is 0.326 e. The minimum absolute atomic E-state index is 0.185. The molecule has 0 aromatic rings. The molecular formula is C13H24N2O3. The van der Waals surface area contributed by atoms with Crippen LogP contribution in [0.4, 0.5) is 0 Å². The summed E-state index contributed by atoms with van der Waals surface area (Å²) >= 11 is 0. The van der Waals surface area contributed by atoms with Crippen LogP contribution in [-0.2, 0) is 9.59 Å². The first-order valence-corrected chi connectivity index (χ1v) is 6.86. The first-order valence-electron chi connectivity index (χ1n) is 6.86. The quantitative estimate of drug-likeness (QED) is 0.638. The number of rotatable bonds is 7. The number of amides is 1. The molecule has 104 valence electrons. The van der Waals surface area contributed by atoms with Gasteiger partial charge in [0.1, 0.15) is 6.04 Å². The van der Waals surface area contributed by atoms with E-state index in [4.69, 9.17) is 5.11 Å². The maximum absolute atomic E-state index is 11.5. The molecule has 0 heterocycles. The molecule has 0 aliphatic heterocycles. The molecule has 1 saturated carbocycles. The van der Waals surface area contributed by atoms with Crippen molar-refractivity contribution >= 4 is 11.9 Å². The van der Waals surface area contributed by atoms with Crippen LogP contribution in [0.3, 0.4) is 0 Å². The number of likely N-dealkylation sites (N-methyl/N-ethyl adjacent to an activating group) is 1. The predicted molar refractivity (Wildman–Crippen MR) is 69.3 cm³/mol. The van der Waals surface area contributed by atoms with Gasteiger partial charge in [-0.2, -0.15) is 0 Å². The van der Waals surface area contributed by atoms with Crippen molar-refractivity contribution in [3.05, 3.63) is 0 Å². The number of aliphatic carboxylic acids is 1. The lowest BCUT2D eigenvalue weighted by atomic mass is 9.85. The van der Waals surface area contributed by atoms with Crippen LogP contribution >= 0.6 is 0 Å². The molecule has 0 bridgehead atoms. The highest BCUT2D eigenvalue weighted by atomic mass is 16.4. The molecule has 1 unspecified atom stereocenters. The number of carbonyl (C=O) groups is 2. The van der Waals surface area contributed by atoms with Crippen LogP contribution in [0.5, 0.6) is 0 Å². The molecule has 1 rings (SSSR count). The van der Waals surface area contributed by atoms with Gasteiger partial charge in [-0.1, -0.05) is 39.0 Å². The van der Waals surface area contributed by atoms with E-state index in [1.165, 1.54) is 19.3 Å². The SMILES string of the molecule is CCNCC(=O)NC(CC1CCCCC1)C(=O)O. The molecule has 0 aromatic heterocycles. The molecule has 0 saturated heterocycles. The van der Waals surface area contributed by atoms with E-state index in [0.717, 1.165) is 12.8 Å². The number of carboxylic acid groups (broad SMARTS) is 1. The number of hydrogen-bond donors (Lipinski definition) is 3. The Balaban J connectivity index is 2.38. The smallest absolute Gasteiger partial charge is 0.326 e. The van der Waals surface area contributed by atoms with Crippen molar-refractivity contribution in [1.29, 1.82) is 0 Å². The van der Waals surface area contributed by atoms with Gasteiger partial charge in [0.05, 0.1) is 6.54 Å². The van der Waals surface area contributed by atoms with Crippen molar-refractivity contribution in [3.8, 4) is 0 Å². The van der Waals surface area contributed by atoms with E-state index in [2.05, 4.69) is 10.6 Å². The van der Waals surface area contributed by atoms with Crippen LogP contribution < -0.4 is 10.6 Å². The van der Waals surface area contributed by atoms with Gasteiger partial charge < -0.3 is 15.7 Å². The number of hydrogen-bond acceptors (Lipinski definition) is 3. The van der Waals surface area contributed by atoms with Crippen molar-refractivity contribution in [2.75, 3.05) is 13.1 Å². The summed E-state index contributed by atoms with van der Waals surface area (Å²) in [6, 6.07) is -0.737. The molecule has 0 radical (unpaired) electrons. The number of carboxylic acids is 1. The predicted octanol–water partition coefficient (Wildman–Crippen LogP) is 1.14. The molecule has 0 aromatic carbocycles. The van der Waals surface area contributed by atoms with Gasteiger partial charge in [-0.15, -0.1) is 0 Å². The van der Waals surface area contributed by atoms with Crippen molar-refractivity contribution in [3.63, 3.8) is 0 Å². The largest absolute Gasteiger partial charge is 0.480 e. The van der Waals surface area contributed by atoms with E-state index in [-0.39, 0.29) is 12.5 Å². The van der Waals surface area contributed by atoms with Gasteiger partial charge >= 0.3 is 5.97 Å². The summed E-state index contributed by atoms with van der Waals surface area (Å²) < 4.78 is 0. The molecule has 1 fully saturated rings. The lowest BCUT2D eigenvalue weighted by Crippen LogP contribution is -2.45. The third-order valence-corrected chi connectivity index (χ3v) is 3.46. The van der Waals surface area contributed by atoms with Crippen LogP contribution in [-0.4, -0.2) is 36.1 Å². The van der Waals surface area contributed by atoms with Crippen LogP contribution in [0, 0.1) is 5.92 Å². The van der Waals surface area contributed by atoms with Gasteiger partial charge in [-0.25, -0.2) is 4.79 Å². The summed E-state index contributed by atoms with van der Waals surface area (Å²) in [7, 11) is 0. The first-order chi connectivity index (χ1) is 8.63. The van der Waals surface area contributed by atoms with Crippen LogP contribution in [0.2, 0.25) is 0 Å².